The molecule has 0 spiro atoms. The lowest BCUT2D eigenvalue weighted by atomic mass is 9.82. The summed E-state index contributed by atoms with van der Waals surface area (Å²) in [5, 5.41) is 3.93. The van der Waals surface area contributed by atoms with Gasteiger partial charge in [0.25, 0.3) is 0 Å². The van der Waals surface area contributed by atoms with Gasteiger partial charge in [-0.05, 0) is 25.1 Å². The minimum atomic E-state index is 0.113. The zero-order chi connectivity index (χ0) is 13.2. The van der Waals surface area contributed by atoms with Crippen LogP contribution in [0.5, 0.6) is 0 Å². The van der Waals surface area contributed by atoms with Gasteiger partial charge in [0.1, 0.15) is 0 Å². The quantitative estimate of drug-likeness (QED) is 0.816. The fourth-order valence-electron chi connectivity index (χ4n) is 3.00. The van der Waals surface area contributed by atoms with Crippen LogP contribution < -0.4 is 5.32 Å². The second kappa shape index (κ2) is 5.28. The first-order chi connectivity index (χ1) is 9.25. The maximum atomic E-state index is 12.5. The Kier molecular flexibility index (Phi) is 3.50. The van der Waals surface area contributed by atoms with Gasteiger partial charge in [-0.15, -0.1) is 0 Å². The molecule has 2 aliphatic rings. The molecule has 19 heavy (non-hydrogen) atoms. The molecule has 2 unspecified atom stereocenters. The van der Waals surface area contributed by atoms with Crippen LogP contribution in [0.4, 0.5) is 0 Å². The zero-order valence-electron chi connectivity index (χ0n) is 10.8. The average Bonchev–Trinajstić information content (AvgIpc) is 2.92. The van der Waals surface area contributed by atoms with Crippen LogP contribution in [0.1, 0.15) is 31.4 Å². The molecule has 6 heteroatoms. The van der Waals surface area contributed by atoms with Gasteiger partial charge in [-0.25, -0.2) is 4.98 Å². The topological polar surface area (TPSA) is 61.0 Å². The van der Waals surface area contributed by atoms with Gasteiger partial charge in [-0.2, -0.15) is 0 Å². The molecule has 0 aromatic carbocycles. The highest BCUT2D eigenvalue weighted by Crippen LogP contribution is 2.29. The third-order valence-electron chi connectivity index (χ3n) is 4.06. The molecule has 0 radical (unpaired) electrons. The van der Waals surface area contributed by atoms with Gasteiger partial charge in [0, 0.05) is 30.9 Å². The van der Waals surface area contributed by atoms with Gasteiger partial charge < -0.3 is 10.3 Å². The van der Waals surface area contributed by atoms with Gasteiger partial charge in [0.2, 0.25) is 5.91 Å². The number of fused-ring (bicyclic) bond motifs is 1. The summed E-state index contributed by atoms with van der Waals surface area (Å²) < 4.78 is 0. The SMILES string of the molecule is O=C1C2CCCCC2NC(=S)N1CCc1cnc[nH]1. The second-order valence-corrected chi connectivity index (χ2v) is 5.65. The Balaban J connectivity index is 1.67. The summed E-state index contributed by atoms with van der Waals surface area (Å²) in [4.78, 5) is 21.3. The van der Waals surface area contributed by atoms with Gasteiger partial charge >= 0.3 is 0 Å². The van der Waals surface area contributed by atoms with Crippen molar-refractivity contribution in [3.8, 4) is 0 Å². The number of nitrogens with one attached hydrogen (secondary N) is 2. The molecule has 1 saturated heterocycles. The number of nitrogens with zero attached hydrogens (tertiary/aromatic N) is 2. The van der Waals surface area contributed by atoms with Gasteiger partial charge in [0.15, 0.2) is 5.11 Å². The smallest absolute Gasteiger partial charge is 0.233 e. The van der Waals surface area contributed by atoms with Crippen molar-refractivity contribution < 1.29 is 4.79 Å². The van der Waals surface area contributed by atoms with Gasteiger partial charge in [0.05, 0.1) is 12.2 Å². The predicted molar refractivity (Wildman–Crippen MR) is 75.5 cm³/mol. The standard InChI is InChI=1S/C13H18N4OS/c18-12-10-3-1-2-4-11(10)16-13(19)17(12)6-5-9-7-14-8-15-9/h7-8,10-11H,1-6H2,(H,14,15)(H,16,19). The second-order valence-electron chi connectivity index (χ2n) is 5.26. The molecule has 2 N–H and O–H groups in total. The Bertz CT molecular complexity index is 473. The molecule has 1 aliphatic carbocycles. The van der Waals surface area contributed by atoms with E-state index in [9.17, 15) is 4.79 Å². The molecule has 1 aromatic heterocycles. The molecule has 1 aliphatic heterocycles. The molecule has 1 aromatic rings. The number of rotatable bonds is 3. The van der Waals surface area contributed by atoms with Crippen LogP contribution in [-0.2, 0) is 11.2 Å². The monoisotopic (exact) mass is 278 g/mol. The number of imidazole rings is 1. The molecule has 0 bridgehead atoms. The van der Waals surface area contributed by atoms with Crippen molar-refractivity contribution in [1.29, 1.82) is 0 Å². The number of H-pyrrole nitrogens is 1. The summed E-state index contributed by atoms with van der Waals surface area (Å²) in [6, 6.07) is 0.261. The van der Waals surface area contributed by atoms with E-state index in [0.29, 0.717) is 11.7 Å². The Morgan fingerprint density at radius 2 is 2.26 bits per heavy atom. The van der Waals surface area contributed by atoms with Crippen LogP contribution in [0, 0.1) is 5.92 Å². The van der Waals surface area contributed by atoms with E-state index < -0.39 is 0 Å². The molecule has 2 heterocycles. The first-order valence-corrected chi connectivity index (χ1v) is 7.25. The van der Waals surface area contributed by atoms with E-state index in [1.165, 1.54) is 6.42 Å². The molecule has 3 rings (SSSR count). The highest BCUT2D eigenvalue weighted by Gasteiger charge is 2.39. The first-order valence-electron chi connectivity index (χ1n) is 6.85. The Hall–Kier alpha value is -1.43. The van der Waals surface area contributed by atoms with E-state index in [-0.39, 0.29) is 17.9 Å². The fraction of sp³-hybridized carbons (Fsp3) is 0.615. The third kappa shape index (κ3) is 2.49. The van der Waals surface area contributed by atoms with E-state index in [1.54, 1.807) is 17.4 Å². The lowest BCUT2D eigenvalue weighted by molar-refractivity contribution is -0.134. The van der Waals surface area contributed by atoms with Crippen molar-refractivity contribution in [2.24, 2.45) is 5.92 Å². The third-order valence-corrected chi connectivity index (χ3v) is 4.40. The van der Waals surface area contributed by atoms with E-state index >= 15 is 0 Å². The molecule has 1 amide bonds. The number of hydrogen-bond acceptors (Lipinski definition) is 3. The minimum Gasteiger partial charge on any atom is -0.359 e. The normalized spacial score (nSPS) is 27.1. The maximum Gasteiger partial charge on any atom is 0.233 e. The summed E-state index contributed by atoms with van der Waals surface area (Å²) in [5.41, 5.74) is 1.03. The van der Waals surface area contributed by atoms with Crippen LogP contribution in [0.15, 0.2) is 12.5 Å². The first kappa shape index (κ1) is 12.6. The number of aromatic nitrogens is 2. The van der Waals surface area contributed by atoms with Crippen LogP contribution in [-0.4, -0.2) is 38.5 Å². The van der Waals surface area contributed by atoms with Gasteiger partial charge in [-0.1, -0.05) is 12.8 Å². The largest absolute Gasteiger partial charge is 0.359 e. The Labute approximate surface area is 117 Å². The molecular formula is C13H18N4OS. The number of aromatic amines is 1. The van der Waals surface area contributed by atoms with E-state index in [2.05, 4.69) is 15.3 Å². The Morgan fingerprint density at radius 3 is 3.05 bits per heavy atom. The summed E-state index contributed by atoms with van der Waals surface area (Å²) >= 11 is 5.34. The van der Waals surface area contributed by atoms with E-state index in [4.69, 9.17) is 12.2 Å². The summed E-state index contributed by atoms with van der Waals surface area (Å²) in [7, 11) is 0. The predicted octanol–water partition coefficient (Wildman–Crippen LogP) is 1.23. The van der Waals surface area contributed by atoms with Crippen molar-refractivity contribution in [2.75, 3.05) is 6.54 Å². The molecule has 5 nitrogen and oxygen atoms in total. The zero-order valence-corrected chi connectivity index (χ0v) is 11.6. The number of thiocarbonyl (C=S) groups is 1. The summed E-state index contributed by atoms with van der Waals surface area (Å²) in [6.45, 7) is 0.621. The molecule has 2 fully saturated rings. The maximum absolute atomic E-state index is 12.5. The van der Waals surface area contributed by atoms with Crippen molar-refractivity contribution in [1.82, 2.24) is 20.2 Å². The van der Waals surface area contributed by atoms with Crippen LogP contribution in [0.25, 0.3) is 0 Å². The van der Waals surface area contributed by atoms with E-state index in [1.807, 2.05) is 0 Å². The van der Waals surface area contributed by atoms with Crippen LogP contribution in [0.3, 0.4) is 0 Å². The van der Waals surface area contributed by atoms with E-state index in [0.717, 1.165) is 31.4 Å². The molecule has 2 atom stereocenters. The Morgan fingerprint density at radius 1 is 1.42 bits per heavy atom. The van der Waals surface area contributed by atoms with Crippen molar-refractivity contribution in [2.45, 2.75) is 38.1 Å². The number of carbonyl (C=O) groups excluding carboxylic acids is 1. The van der Waals surface area contributed by atoms with Gasteiger partial charge in [-0.3, -0.25) is 9.69 Å². The molecule has 1 saturated carbocycles. The highest BCUT2D eigenvalue weighted by molar-refractivity contribution is 7.80. The molecule has 102 valence electrons. The number of carbonyl (C=O) groups is 1. The fourth-order valence-corrected chi connectivity index (χ4v) is 3.33. The average molecular weight is 278 g/mol. The minimum absolute atomic E-state index is 0.113. The van der Waals surface area contributed by atoms with Crippen molar-refractivity contribution in [3.05, 3.63) is 18.2 Å². The molecular weight excluding hydrogens is 260 g/mol. The summed E-state index contributed by atoms with van der Waals surface area (Å²) in [5.74, 6) is 0.315. The number of amides is 1. The lowest BCUT2D eigenvalue weighted by Gasteiger charge is -2.41. The lowest BCUT2D eigenvalue weighted by Crippen LogP contribution is -2.60. The summed E-state index contributed by atoms with van der Waals surface area (Å²) in [6.07, 6.45) is 8.58. The number of hydrogen-bond donors (Lipinski definition) is 2. The van der Waals surface area contributed by atoms with Crippen LogP contribution in [0.2, 0.25) is 0 Å². The highest BCUT2D eigenvalue weighted by atomic mass is 32.1. The van der Waals surface area contributed by atoms with Crippen LogP contribution >= 0.6 is 12.2 Å². The van der Waals surface area contributed by atoms with Crippen molar-refractivity contribution in [3.63, 3.8) is 0 Å². The van der Waals surface area contributed by atoms with Crippen molar-refractivity contribution >= 4 is 23.2 Å².